The molecule has 0 aliphatic carbocycles. The number of carboxylic acids is 1. The van der Waals surface area contributed by atoms with Crippen molar-refractivity contribution >= 4 is 33.2 Å². The maximum Gasteiger partial charge on any atom is 0.309 e. The Morgan fingerprint density at radius 1 is 1.69 bits per heavy atom. The van der Waals surface area contributed by atoms with Gasteiger partial charge in [0.1, 0.15) is 5.69 Å². The van der Waals surface area contributed by atoms with E-state index in [2.05, 4.69) is 21.0 Å². The van der Waals surface area contributed by atoms with E-state index in [1.54, 1.807) is 23.1 Å². The van der Waals surface area contributed by atoms with Gasteiger partial charge in [-0.1, -0.05) is 6.07 Å². The molecule has 2 aromatic rings. The number of carboxylic acid groups (broad SMARTS) is 1. The van der Waals surface area contributed by atoms with Gasteiger partial charge >= 0.3 is 5.97 Å². The van der Waals surface area contributed by atoms with E-state index in [0.717, 1.165) is 15.0 Å². The Hall–Kier alpha value is -1.14. The number of aryl methyl sites for hydroxylation is 1. The molecular weight excluding hydrogens is 292 g/mol. The number of nitrogens with zero attached hydrogens (tertiary/aromatic N) is 2. The number of thiophene rings is 1. The Balaban J connectivity index is 2.46. The van der Waals surface area contributed by atoms with Gasteiger partial charge in [0.2, 0.25) is 0 Å². The third-order valence-electron chi connectivity index (χ3n) is 2.18. The van der Waals surface area contributed by atoms with Crippen molar-refractivity contribution in [1.29, 1.82) is 0 Å². The van der Waals surface area contributed by atoms with Crippen LogP contribution in [0.2, 0.25) is 0 Å². The van der Waals surface area contributed by atoms with Crippen LogP contribution in [0.25, 0.3) is 10.6 Å². The van der Waals surface area contributed by atoms with E-state index in [4.69, 9.17) is 5.11 Å². The lowest BCUT2D eigenvalue weighted by Crippen LogP contribution is -2.06. The van der Waals surface area contributed by atoms with Gasteiger partial charge < -0.3 is 5.11 Å². The van der Waals surface area contributed by atoms with Crippen LogP contribution in [-0.4, -0.2) is 20.9 Å². The van der Waals surface area contributed by atoms with Crippen molar-refractivity contribution in [2.45, 2.75) is 6.42 Å². The number of halogens is 1. The lowest BCUT2D eigenvalue weighted by molar-refractivity contribution is -0.136. The van der Waals surface area contributed by atoms with Crippen LogP contribution < -0.4 is 0 Å². The number of aromatic nitrogens is 2. The van der Waals surface area contributed by atoms with Crippen LogP contribution in [0.4, 0.5) is 0 Å². The van der Waals surface area contributed by atoms with Crippen molar-refractivity contribution in [3.05, 3.63) is 27.7 Å². The molecule has 0 spiro atoms. The van der Waals surface area contributed by atoms with Crippen LogP contribution in [-0.2, 0) is 18.3 Å². The predicted molar refractivity (Wildman–Crippen MR) is 65.6 cm³/mol. The van der Waals surface area contributed by atoms with Gasteiger partial charge in [0.25, 0.3) is 0 Å². The lowest BCUT2D eigenvalue weighted by atomic mass is 10.2. The fourth-order valence-corrected chi connectivity index (χ4v) is 2.98. The highest BCUT2D eigenvalue weighted by Gasteiger charge is 2.17. The van der Waals surface area contributed by atoms with Crippen LogP contribution in [0.3, 0.4) is 0 Å². The van der Waals surface area contributed by atoms with Crippen LogP contribution in [0.1, 0.15) is 5.69 Å². The Bertz CT molecular complexity index is 519. The summed E-state index contributed by atoms with van der Waals surface area (Å²) in [5, 5.41) is 15.1. The molecule has 2 heterocycles. The van der Waals surface area contributed by atoms with E-state index in [-0.39, 0.29) is 6.42 Å². The molecule has 0 saturated carbocycles. The molecule has 0 amide bonds. The topological polar surface area (TPSA) is 55.1 Å². The third kappa shape index (κ3) is 2.03. The van der Waals surface area contributed by atoms with Gasteiger partial charge in [-0.05, 0) is 27.4 Å². The van der Waals surface area contributed by atoms with Crippen molar-refractivity contribution in [3.8, 4) is 10.6 Å². The molecule has 0 saturated heterocycles. The van der Waals surface area contributed by atoms with E-state index in [0.29, 0.717) is 5.69 Å². The standard InChI is InChI=1S/C10H9BrN2O2S/c1-13-6(5-8(14)15)9(11)10(12-13)7-3-2-4-16-7/h2-4H,5H2,1H3,(H,14,15). The zero-order valence-electron chi connectivity index (χ0n) is 8.48. The third-order valence-corrected chi connectivity index (χ3v) is 3.88. The van der Waals surface area contributed by atoms with E-state index in [1.807, 2.05) is 17.5 Å². The molecule has 2 aromatic heterocycles. The quantitative estimate of drug-likeness (QED) is 0.948. The maximum atomic E-state index is 10.7. The molecule has 0 unspecified atom stereocenters. The Labute approximate surface area is 105 Å². The number of carbonyl (C=O) groups is 1. The van der Waals surface area contributed by atoms with Gasteiger partial charge in [0, 0.05) is 7.05 Å². The average Bonchev–Trinajstić information content (AvgIpc) is 2.80. The monoisotopic (exact) mass is 300 g/mol. The van der Waals surface area contributed by atoms with Crippen LogP contribution in [0.15, 0.2) is 22.0 Å². The molecular formula is C10H9BrN2O2S. The second-order valence-electron chi connectivity index (χ2n) is 3.28. The van der Waals surface area contributed by atoms with Gasteiger partial charge in [0.05, 0.1) is 21.5 Å². The summed E-state index contributed by atoms with van der Waals surface area (Å²) in [6, 6.07) is 3.90. The van der Waals surface area contributed by atoms with E-state index in [9.17, 15) is 4.79 Å². The van der Waals surface area contributed by atoms with Crippen molar-refractivity contribution < 1.29 is 9.90 Å². The largest absolute Gasteiger partial charge is 0.481 e. The molecule has 1 N–H and O–H groups in total. The molecule has 2 rings (SSSR count). The van der Waals surface area contributed by atoms with E-state index >= 15 is 0 Å². The summed E-state index contributed by atoms with van der Waals surface area (Å²) < 4.78 is 2.37. The fourth-order valence-electron chi connectivity index (χ4n) is 1.44. The Morgan fingerprint density at radius 3 is 3.00 bits per heavy atom. The van der Waals surface area contributed by atoms with E-state index in [1.165, 1.54) is 0 Å². The summed E-state index contributed by atoms with van der Waals surface area (Å²) in [6.07, 6.45) is -0.0323. The van der Waals surface area contributed by atoms with Crippen LogP contribution >= 0.6 is 27.3 Å². The molecule has 6 heteroatoms. The highest BCUT2D eigenvalue weighted by Crippen LogP contribution is 2.32. The molecule has 0 atom stereocenters. The molecule has 4 nitrogen and oxygen atoms in total. The zero-order valence-corrected chi connectivity index (χ0v) is 10.9. The van der Waals surface area contributed by atoms with Crippen molar-refractivity contribution in [1.82, 2.24) is 9.78 Å². The van der Waals surface area contributed by atoms with Crippen molar-refractivity contribution in [2.75, 3.05) is 0 Å². The van der Waals surface area contributed by atoms with Crippen molar-refractivity contribution in [2.24, 2.45) is 7.05 Å². The second kappa shape index (κ2) is 4.39. The Morgan fingerprint density at radius 2 is 2.44 bits per heavy atom. The molecule has 0 bridgehead atoms. The van der Waals surface area contributed by atoms with Crippen LogP contribution in [0.5, 0.6) is 0 Å². The summed E-state index contributed by atoms with van der Waals surface area (Å²) in [5.74, 6) is -0.860. The first-order valence-corrected chi connectivity index (χ1v) is 6.24. The summed E-state index contributed by atoms with van der Waals surface area (Å²) >= 11 is 4.99. The first-order valence-electron chi connectivity index (χ1n) is 4.56. The smallest absolute Gasteiger partial charge is 0.309 e. The molecule has 0 aromatic carbocycles. The highest BCUT2D eigenvalue weighted by atomic mass is 79.9. The minimum Gasteiger partial charge on any atom is -0.481 e. The second-order valence-corrected chi connectivity index (χ2v) is 5.02. The molecule has 84 valence electrons. The van der Waals surface area contributed by atoms with Gasteiger partial charge in [-0.3, -0.25) is 9.48 Å². The predicted octanol–water partition coefficient (Wildman–Crippen LogP) is 2.54. The summed E-state index contributed by atoms with van der Waals surface area (Å²) in [4.78, 5) is 11.7. The maximum absolute atomic E-state index is 10.7. The first kappa shape index (κ1) is 11.3. The molecule has 0 radical (unpaired) electrons. The van der Waals surface area contributed by atoms with Crippen molar-refractivity contribution in [3.63, 3.8) is 0 Å². The zero-order chi connectivity index (χ0) is 11.7. The fraction of sp³-hybridized carbons (Fsp3) is 0.200. The molecule has 0 fully saturated rings. The van der Waals surface area contributed by atoms with Gasteiger partial charge in [0.15, 0.2) is 0 Å². The van der Waals surface area contributed by atoms with Crippen LogP contribution in [0, 0.1) is 0 Å². The minimum absolute atomic E-state index is 0.0323. The minimum atomic E-state index is -0.860. The summed E-state index contributed by atoms with van der Waals surface area (Å²) in [5.41, 5.74) is 1.48. The van der Waals surface area contributed by atoms with Gasteiger partial charge in [-0.25, -0.2) is 0 Å². The number of aliphatic carboxylic acids is 1. The average molecular weight is 301 g/mol. The molecule has 0 aliphatic heterocycles. The van der Waals surface area contributed by atoms with Gasteiger partial charge in [-0.15, -0.1) is 11.3 Å². The summed E-state index contributed by atoms with van der Waals surface area (Å²) in [7, 11) is 1.75. The lowest BCUT2D eigenvalue weighted by Gasteiger charge is -1.97. The summed E-state index contributed by atoms with van der Waals surface area (Å²) in [6.45, 7) is 0. The first-order chi connectivity index (χ1) is 7.59. The number of hydrogen-bond donors (Lipinski definition) is 1. The number of hydrogen-bond acceptors (Lipinski definition) is 3. The number of rotatable bonds is 3. The Kier molecular flexibility index (Phi) is 3.11. The highest BCUT2D eigenvalue weighted by molar-refractivity contribution is 9.10. The molecule has 0 aliphatic rings. The normalized spacial score (nSPS) is 10.6. The molecule has 16 heavy (non-hydrogen) atoms. The van der Waals surface area contributed by atoms with E-state index < -0.39 is 5.97 Å². The van der Waals surface area contributed by atoms with Gasteiger partial charge in [-0.2, -0.15) is 5.10 Å². The SMILES string of the molecule is Cn1nc(-c2cccs2)c(Br)c1CC(=O)O.